The second-order valence-corrected chi connectivity index (χ2v) is 7.04. The third kappa shape index (κ3) is 4.66. The molecule has 0 saturated carbocycles. The Labute approximate surface area is 170 Å². The highest BCUT2D eigenvalue weighted by atomic mass is 16.5. The molecule has 0 aliphatic carbocycles. The normalized spacial score (nSPS) is 11.9. The fourth-order valence-corrected chi connectivity index (χ4v) is 3.37. The highest BCUT2D eigenvalue weighted by Gasteiger charge is 2.20. The SMILES string of the molecule is Cc1cc2c(OC(CC(=O)OCc3ccccc3)c3ccccc3)cccc2[nH]1. The largest absolute Gasteiger partial charge is 0.484 e. The van der Waals surface area contributed by atoms with E-state index >= 15 is 0 Å². The molecular weight excluding hydrogens is 362 g/mol. The molecule has 0 amide bonds. The van der Waals surface area contributed by atoms with Gasteiger partial charge in [0.2, 0.25) is 0 Å². The zero-order valence-electron chi connectivity index (χ0n) is 16.3. The molecule has 0 aliphatic rings. The van der Waals surface area contributed by atoms with E-state index in [1.54, 1.807) is 0 Å². The smallest absolute Gasteiger partial charge is 0.310 e. The number of H-pyrrole nitrogens is 1. The quantitative estimate of drug-likeness (QED) is 0.413. The van der Waals surface area contributed by atoms with Gasteiger partial charge in [-0.2, -0.15) is 0 Å². The molecule has 1 N–H and O–H groups in total. The Morgan fingerprint density at radius 2 is 1.66 bits per heavy atom. The number of hydrogen-bond acceptors (Lipinski definition) is 3. The van der Waals surface area contributed by atoms with E-state index in [1.807, 2.05) is 85.8 Å². The van der Waals surface area contributed by atoms with Crippen LogP contribution in [-0.4, -0.2) is 11.0 Å². The van der Waals surface area contributed by atoms with Crippen LogP contribution in [0.2, 0.25) is 0 Å². The summed E-state index contributed by atoms with van der Waals surface area (Å²) < 4.78 is 11.8. The van der Waals surface area contributed by atoms with Crippen LogP contribution in [0.5, 0.6) is 5.75 Å². The molecule has 29 heavy (non-hydrogen) atoms. The van der Waals surface area contributed by atoms with E-state index in [9.17, 15) is 4.79 Å². The predicted molar refractivity (Wildman–Crippen MR) is 114 cm³/mol. The number of hydrogen-bond donors (Lipinski definition) is 1. The molecule has 0 aliphatic heterocycles. The van der Waals surface area contributed by atoms with Crippen LogP contribution < -0.4 is 4.74 Å². The molecule has 0 bridgehead atoms. The Kier molecular flexibility index (Phi) is 5.61. The zero-order valence-corrected chi connectivity index (χ0v) is 16.3. The van der Waals surface area contributed by atoms with Crippen LogP contribution in [0.25, 0.3) is 10.9 Å². The first-order valence-corrected chi connectivity index (χ1v) is 9.68. The van der Waals surface area contributed by atoms with Crippen molar-refractivity contribution in [3.8, 4) is 5.75 Å². The number of rotatable bonds is 7. The molecule has 0 saturated heterocycles. The zero-order chi connectivity index (χ0) is 20.1. The van der Waals surface area contributed by atoms with Gasteiger partial charge in [0.1, 0.15) is 18.5 Å². The average molecular weight is 385 g/mol. The minimum atomic E-state index is -0.430. The second-order valence-electron chi connectivity index (χ2n) is 7.04. The maximum Gasteiger partial charge on any atom is 0.310 e. The van der Waals surface area contributed by atoms with Crippen molar-refractivity contribution in [1.82, 2.24) is 4.98 Å². The molecule has 3 aromatic carbocycles. The summed E-state index contributed by atoms with van der Waals surface area (Å²) >= 11 is 0. The maximum atomic E-state index is 12.5. The Morgan fingerprint density at radius 3 is 2.41 bits per heavy atom. The monoisotopic (exact) mass is 385 g/mol. The molecule has 1 atom stereocenters. The van der Waals surface area contributed by atoms with Gasteiger partial charge in [0.25, 0.3) is 0 Å². The topological polar surface area (TPSA) is 51.3 Å². The molecule has 0 spiro atoms. The Bertz CT molecular complexity index is 1090. The van der Waals surface area contributed by atoms with Crippen LogP contribution in [0.15, 0.2) is 84.9 Å². The molecule has 1 unspecified atom stereocenters. The first-order chi connectivity index (χ1) is 14.2. The van der Waals surface area contributed by atoms with Crippen molar-refractivity contribution in [1.29, 1.82) is 0 Å². The van der Waals surface area contributed by atoms with E-state index in [1.165, 1.54) is 0 Å². The van der Waals surface area contributed by atoms with Crippen LogP contribution in [-0.2, 0) is 16.1 Å². The lowest BCUT2D eigenvalue weighted by molar-refractivity contribution is -0.146. The lowest BCUT2D eigenvalue weighted by atomic mass is 10.1. The summed E-state index contributed by atoms with van der Waals surface area (Å²) in [7, 11) is 0. The fraction of sp³-hybridized carbons (Fsp3) is 0.160. The maximum absolute atomic E-state index is 12.5. The highest BCUT2D eigenvalue weighted by Crippen LogP contribution is 2.32. The minimum Gasteiger partial charge on any atom is -0.484 e. The van der Waals surface area contributed by atoms with E-state index in [4.69, 9.17) is 9.47 Å². The summed E-state index contributed by atoms with van der Waals surface area (Å²) in [5.74, 6) is 0.455. The van der Waals surface area contributed by atoms with E-state index in [-0.39, 0.29) is 19.0 Å². The number of ether oxygens (including phenoxy) is 2. The van der Waals surface area contributed by atoms with E-state index in [2.05, 4.69) is 11.1 Å². The molecule has 0 fully saturated rings. The fourth-order valence-electron chi connectivity index (χ4n) is 3.37. The Morgan fingerprint density at radius 1 is 0.931 bits per heavy atom. The van der Waals surface area contributed by atoms with Gasteiger partial charge < -0.3 is 14.5 Å². The molecule has 4 rings (SSSR count). The summed E-state index contributed by atoms with van der Waals surface area (Å²) in [6.07, 6.45) is -0.295. The molecule has 146 valence electrons. The number of aromatic amines is 1. The summed E-state index contributed by atoms with van der Waals surface area (Å²) in [5.41, 5.74) is 3.98. The van der Waals surface area contributed by atoms with E-state index in [0.717, 1.165) is 33.5 Å². The molecule has 1 aromatic heterocycles. The lowest BCUT2D eigenvalue weighted by Crippen LogP contribution is -2.15. The molecule has 4 heteroatoms. The van der Waals surface area contributed by atoms with Crippen molar-refractivity contribution in [2.45, 2.75) is 26.1 Å². The third-order valence-corrected chi connectivity index (χ3v) is 4.79. The average Bonchev–Trinajstić information content (AvgIpc) is 3.14. The number of carbonyl (C=O) groups excluding carboxylic acids is 1. The summed E-state index contributed by atoms with van der Waals surface area (Å²) in [6.45, 7) is 2.27. The first-order valence-electron chi connectivity index (χ1n) is 9.68. The number of carbonyl (C=O) groups is 1. The number of benzene rings is 3. The molecule has 4 nitrogen and oxygen atoms in total. The predicted octanol–water partition coefficient (Wildman–Crippen LogP) is 5.73. The van der Waals surface area contributed by atoms with Gasteiger partial charge in [0.15, 0.2) is 0 Å². The van der Waals surface area contributed by atoms with Crippen LogP contribution in [0, 0.1) is 6.92 Å². The van der Waals surface area contributed by atoms with Gasteiger partial charge in [0, 0.05) is 16.6 Å². The van der Waals surface area contributed by atoms with E-state index in [0.29, 0.717) is 0 Å². The summed E-state index contributed by atoms with van der Waals surface area (Å²) in [5, 5.41) is 1.00. The van der Waals surface area contributed by atoms with Gasteiger partial charge >= 0.3 is 5.97 Å². The Hall–Kier alpha value is -3.53. The summed E-state index contributed by atoms with van der Waals surface area (Å²) in [4.78, 5) is 15.9. The van der Waals surface area contributed by atoms with Crippen LogP contribution in [0.3, 0.4) is 0 Å². The van der Waals surface area contributed by atoms with Crippen LogP contribution in [0.4, 0.5) is 0 Å². The molecule has 0 radical (unpaired) electrons. The van der Waals surface area contributed by atoms with Crippen molar-refractivity contribution in [3.63, 3.8) is 0 Å². The third-order valence-electron chi connectivity index (χ3n) is 4.79. The number of nitrogens with one attached hydrogen (secondary N) is 1. The molecule has 1 heterocycles. The summed E-state index contributed by atoms with van der Waals surface area (Å²) in [6, 6.07) is 27.4. The molecule has 4 aromatic rings. The van der Waals surface area contributed by atoms with Crippen molar-refractivity contribution < 1.29 is 14.3 Å². The Balaban J connectivity index is 1.53. The number of aryl methyl sites for hydroxylation is 1. The van der Waals surface area contributed by atoms with Gasteiger partial charge in [-0.25, -0.2) is 0 Å². The minimum absolute atomic E-state index is 0.136. The van der Waals surface area contributed by atoms with Crippen LogP contribution >= 0.6 is 0 Å². The standard InChI is InChI=1S/C25H23NO3/c1-18-15-21-22(26-18)13-8-14-23(21)29-24(20-11-6-3-7-12-20)16-25(27)28-17-19-9-4-2-5-10-19/h2-15,24,26H,16-17H2,1H3. The number of fused-ring (bicyclic) bond motifs is 1. The van der Waals surface area contributed by atoms with Crippen molar-refractivity contribution in [3.05, 3.63) is 102 Å². The first kappa shape index (κ1) is 18.8. The van der Waals surface area contributed by atoms with Crippen molar-refractivity contribution in [2.75, 3.05) is 0 Å². The van der Waals surface area contributed by atoms with Gasteiger partial charge in [-0.1, -0.05) is 66.7 Å². The van der Waals surface area contributed by atoms with Crippen molar-refractivity contribution in [2.24, 2.45) is 0 Å². The van der Waals surface area contributed by atoms with Gasteiger partial charge in [-0.15, -0.1) is 0 Å². The lowest BCUT2D eigenvalue weighted by Gasteiger charge is -2.20. The van der Waals surface area contributed by atoms with Gasteiger partial charge in [-0.3, -0.25) is 4.79 Å². The van der Waals surface area contributed by atoms with E-state index < -0.39 is 6.10 Å². The van der Waals surface area contributed by atoms with Gasteiger partial charge in [-0.05, 0) is 36.2 Å². The van der Waals surface area contributed by atoms with Crippen molar-refractivity contribution >= 4 is 16.9 Å². The number of esters is 1. The second kappa shape index (κ2) is 8.65. The number of aromatic nitrogens is 1. The molecular formula is C25H23NO3. The van der Waals surface area contributed by atoms with Gasteiger partial charge in [0.05, 0.1) is 6.42 Å². The van der Waals surface area contributed by atoms with Crippen LogP contribution in [0.1, 0.15) is 29.3 Å². The highest BCUT2D eigenvalue weighted by molar-refractivity contribution is 5.86.